The van der Waals surface area contributed by atoms with Gasteiger partial charge in [0.25, 0.3) is 0 Å². The van der Waals surface area contributed by atoms with Crippen molar-refractivity contribution in [2.75, 3.05) is 6.54 Å². The Morgan fingerprint density at radius 1 is 0.818 bits per heavy atom. The number of hydrogen-bond acceptors (Lipinski definition) is 7. The first-order valence-electron chi connectivity index (χ1n) is 11.1. The molecule has 0 aromatic carbocycles. The van der Waals surface area contributed by atoms with Gasteiger partial charge in [-0.15, -0.1) is 0 Å². The van der Waals surface area contributed by atoms with Crippen molar-refractivity contribution in [3.63, 3.8) is 0 Å². The highest BCUT2D eigenvalue weighted by Gasteiger charge is 2.32. The zero-order chi connectivity index (χ0) is 25.7. The van der Waals surface area contributed by atoms with E-state index < -0.39 is 59.9 Å². The van der Waals surface area contributed by atoms with Crippen molar-refractivity contribution in [2.24, 2.45) is 5.92 Å². The molecule has 3 amide bonds. The summed E-state index contributed by atoms with van der Waals surface area (Å²) in [5, 5.41) is 38.2. The molecule has 12 heteroatoms. The average Bonchev–Trinajstić information content (AvgIpc) is 2.71. The van der Waals surface area contributed by atoms with Crippen molar-refractivity contribution in [3.05, 3.63) is 0 Å². The number of nitrogens with one attached hydrogen (secondary N) is 4. The van der Waals surface area contributed by atoms with Gasteiger partial charge in [0, 0.05) is 6.42 Å². The summed E-state index contributed by atoms with van der Waals surface area (Å²) in [6.45, 7) is 8.30. The summed E-state index contributed by atoms with van der Waals surface area (Å²) in [6, 6.07) is -4.58. The van der Waals surface area contributed by atoms with Crippen LogP contribution in [0.1, 0.15) is 60.3 Å². The number of carbonyl (C=O) groups is 5. The van der Waals surface area contributed by atoms with Crippen LogP contribution in [0.15, 0.2) is 0 Å². The molecule has 33 heavy (non-hydrogen) atoms. The molecule has 0 aromatic heterocycles. The van der Waals surface area contributed by atoms with E-state index in [1.165, 1.54) is 13.8 Å². The van der Waals surface area contributed by atoms with E-state index in [1.54, 1.807) is 13.8 Å². The topological polar surface area (TPSA) is 194 Å². The Labute approximate surface area is 193 Å². The summed E-state index contributed by atoms with van der Waals surface area (Å²) >= 11 is 0. The number of aliphatic carboxylic acids is 2. The number of carboxylic acids is 2. The van der Waals surface area contributed by atoms with Crippen molar-refractivity contribution in [1.82, 2.24) is 21.3 Å². The van der Waals surface area contributed by atoms with Crippen LogP contribution in [0.25, 0.3) is 0 Å². The summed E-state index contributed by atoms with van der Waals surface area (Å²) < 4.78 is 0. The van der Waals surface area contributed by atoms with Gasteiger partial charge in [0.2, 0.25) is 17.7 Å². The van der Waals surface area contributed by atoms with Crippen molar-refractivity contribution < 1.29 is 39.3 Å². The molecule has 0 rings (SSSR count). The first-order valence-corrected chi connectivity index (χ1v) is 11.1. The number of hydrogen-bond donors (Lipinski definition) is 7. The summed E-state index contributed by atoms with van der Waals surface area (Å²) in [6.07, 6.45) is 0.0302. The first kappa shape index (κ1) is 30.3. The number of unbranched alkanes of at least 4 members (excludes halogenated alkanes) is 1. The minimum absolute atomic E-state index is 0.0103. The number of aliphatic hydroxyl groups excluding tert-OH is 1. The lowest BCUT2D eigenvalue weighted by Gasteiger charge is -2.26. The smallest absolute Gasteiger partial charge is 0.326 e. The second-order valence-electron chi connectivity index (χ2n) is 8.32. The zero-order valence-corrected chi connectivity index (χ0v) is 19.9. The predicted molar refractivity (Wildman–Crippen MR) is 119 cm³/mol. The van der Waals surface area contributed by atoms with Crippen LogP contribution >= 0.6 is 0 Å². The molecule has 0 saturated carbocycles. The zero-order valence-electron chi connectivity index (χ0n) is 19.9. The molecule has 0 fully saturated rings. The molecule has 0 aliphatic carbocycles. The molecule has 12 nitrogen and oxygen atoms in total. The minimum Gasteiger partial charge on any atom is -0.481 e. The largest absolute Gasteiger partial charge is 0.481 e. The average molecular weight is 475 g/mol. The molecule has 0 heterocycles. The van der Waals surface area contributed by atoms with Crippen LogP contribution in [0.2, 0.25) is 0 Å². The normalized spacial score (nSPS) is 15.6. The van der Waals surface area contributed by atoms with Crippen LogP contribution < -0.4 is 21.3 Å². The van der Waals surface area contributed by atoms with E-state index >= 15 is 0 Å². The van der Waals surface area contributed by atoms with Crippen molar-refractivity contribution in [1.29, 1.82) is 0 Å². The third kappa shape index (κ3) is 11.6. The highest BCUT2D eigenvalue weighted by Crippen LogP contribution is 2.04. The van der Waals surface area contributed by atoms with Crippen LogP contribution in [0.5, 0.6) is 0 Å². The molecular weight excluding hydrogens is 436 g/mol. The van der Waals surface area contributed by atoms with E-state index in [-0.39, 0.29) is 18.8 Å². The van der Waals surface area contributed by atoms with E-state index in [2.05, 4.69) is 21.3 Å². The summed E-state index contributed by atoms with van der Waals surface area (Å²) in [4.78, 5) is 59.8. The van der Waals surface area contributed by atoms with Crippen molar-refractivity contribution >= 4 is 29.7 Å². The van der Waals surface area contributed by atoms with E-state index in [9.17, 15) is 34.2 Å². The fourth-order valence-electron chi connectivity index (χ4n) is 2.87. The number of aliphatic hydroxyl groups is 1. The Balaban J connectivity index is 5.20. The molecule has 0 radical (unpaired) electrons. The maximum absolute atomic E-state index is 12.7. The van der Waals surface area contributed by atoms with Gasteiger partial charge in [-0.1, -0.05) is 27.2 Å². The number of amides is 3. The second-order valence-corrected chi connectivity index (χ2v) is 8.32. The predicted octanol–water partition coefficient (Wildman–Crippen LogP) is -0.795. The van der Waals surface area contributed by atoms with E-state index in [0.717, 1.165) is 12.8 Å². The van der Waals surface area contributed by atoms with E-state index in [0.29, 0.717) is 6.54 Å². The quantitative estimate of drug-likeness (QED) is 0.140. The standard InChI is InChI=1S/C21H38N4O8/c1-6-7-10-22-14(8-9-15(27)28)19(30)25-17(13(5)26)20(31)23-12(4)18(29)24-16(11(2)3)21(32)33/h11-14,16-17,22,26H,6-10H2,1-5H3,(H,23,31)(H,24,29)(H,25,30)(H,27,28)(H,32,33). The maximum atomic E-state index is 12.7. The molecule has 0 aliphatic rings. The van der Waals surface area contributed by atoms with Gasteiger partial charge in [0.1, 0.15) is 18.1 Å². The Morgan fingerprint density at radius 2 is 1.39 bits per heavy atom. The Bertz CT molecular complexity index is 683. The molecule has 0 bridgehead atoms. The minimum atomic E-state index is -1.41. The Hall–Kier alpha value is -2.73. The fraction of sp³-hybridized carbons (Fsp3) is 0.762. The Kier molecular flexibility index (Phi) is 13.9. The lowest BCUT2D eigenvalue weighted by atomic mass is 10.0. The third-order valence-corrected chi connectivity index (χ3v) is 4.93. The summed E-state index contributed by atoms with van der Waals surface area (Å²) in [5.74, 6) is -4.91. The van der Waals surface area contributed by atoms with Gasteiger partial charge in [-0.2, -0.15) is 0 Å². The van der Waals surface area contributed by atoms with Gasteiger partial charge in [-0.3, -0.25) is 19.2 Å². The van der Waals surface area contributed by atoms with Gasteiger partial charge in [-0.25, -0.2) is 4.79 Å². The van der Waals surface area contributed by atoms with Crippen LogP contribution in [0.4, 0.5) is 0 Å². The molecule has 5 unspecified atom stereocenters. The van der Waals surface area contributed by atoms with Gasteiger partial charge < -0.3 is 36.6 Å². The molecule has 190 valence electrons. The van der Waals surface area contributed by atoms with Crippen LogP contribution in [-0.4, -0.2) is 81.8 Å². The lowest BCUT2D eigenvalue weighted by Crippen LogP contribution is -2.59. The molecular formula is C21H38N4O8. The molecule has 0 aliphatic heterocycles. The molecule has 5 atom stereocenters. The SMILES string of the molecule is CCCCNC(CCC(=O)O)C(=O)NC(C(=O)NC(C)C(=O)NC(C(=O)O)C(C)C)C(C)O. The van der Waals surface area contributed by atoms with Crippen LogP contribution in [0, 0.1) is 5.92 Å². The van der Waals surface area contributed by atoms with E-state index in [1.807, 2.05) is 6.92 Å². The van der Waals surface area contributed by atoms with Crippen LogP contribution in [0.3, 0.4) is 0 Å². The van der Waals surface area contributed by atoms with Crippen LogP contribution in [-0.2, 0) is 24.0 Å². The molecule has 7 N–H and O–H groups in total. The monoisotopic (exact) mass is 474 g/mol. The summed E-state index contributed by atoms with van der Waals surface area (Å²) in [5.41, 5.74) is 0. The third-order valence-electron chi connectivity index (χ3n) is 4.93. The van der Waals surface area contributed by atoms with Gasteiger partial charge >= 0.3 is 11.9 Å². The highest BCUT2D eigenvalue weighted by molar-refractivity contribution is 5.94. The Morgan fingerprint density at radius 3 is 1.85 bits per heavy atom. The molecule has 0 spiro atoms. The second kappa shape index (κ2) is 15.2. The molecule has 0 saturated heterocycles. The number of rotatable bonds is 16. The van der Waals surface area contributed by atoms with E-state index in [4.69, 9.17) is 5.11 Å². The van der Waals surface area contributed by atoms with Gasteiger partial charge in [0.05, 0.1) is 12.1 Å². The van der Waals surface area contributed by atoms with Crippen molar-refractivity contribution in [3.8, 4) is 0 Å². The molecule has 0 aromatic rings. The van der Waals surface area contributed by atoms with Gasteiger partial charge in [0.15, 0.2) is 0 Å². The maximum Gasteiger partial charge on any atom is 0.326 e. The lowest BCUT2D eigenvalue weighted by molar-refractivity contribution is -0.143. The first-order chi connectivity index (χ1) is 15.3. The summed E-state index contributed by atoms with van der Waals surface area (Å²) in [7, 11) is 0. The number of carboxylic acid groups (broad SMARTS) is 2. The fourth-order valence-corrected chi connectivity index (χ4v) is 2.87. The number of carbonyl (C=O) groups excluding carboxylic acids is 3. The van der Waals surface area contributed by atoms with Crippen molar-refractivity contribution in [2.45, 2.75) is 90.6 Å². The van der Waals surface area contributed by atoms with Gasteiger partial charge in [-0.05, 0) is 39.2 Å². The highest BCUT2D eigenvalue weighted by atomic mass is 16.4.